The maximum atomic E-state index is 12.0. The molecule has 27 heavy (non-hydrogen) atoms. The number of hydrogen-bond donors (Lipinski definition) is 2. The molecule has 1 amide bonds. The summed E-state index contributed by atoms with van der Waals surface area (Å²) < 4.78 is 0.912. The van der Waals surface area contributed by atoms with E-state index >= 15 is 0 Å². The summed E-state index contributed by atoms with van der Waals surface area (Å²) in [5.74, 6) is 0.477. The number of carbonyl (C=O) groups excluding carboxylic acids is 1. The molecule has 1 fully saturated rings. The quantitative estimate of drug-likeness (QED) is 0.725. The lowest BCUT2D eigenvalue weighted by molar-refractivity contribution is 0.100. The van der Waals surface area contributed by atoms with E-state index in [9.17, 15) is 4.79 Å². The number of pyridine rings is 1. The van der Waals surface area contributed by atoms with Gasteiger partial charge in [-0.1, -0.05) is 30.3 Å². The molecule has 6 heteroatoms. The third-order valence-electron chi connectivity index (χ3n) is 5.41. The Morgan fingerprint density at radius 1 is 1.33 bits per heavy atom. The zero-order chi connectivity index (χ0) is 19.0. The van der Waals surface area contributed by atoms with E-state index in [1.54, 1.807) is 17.5 Å². The number of hydrogen-bond acceptors (Lipinski definition) is 5. The fraction of sp³-hybridized carbons (Fsp3) is 0.333. The van der Waals surface area contributed by atoms with Gasteiger partial charge < -0.3 is 16.0 Å². The van der Waals surface area contributed by atoms with Gasteiger partial charge in [0.15, 0.2) is 0 Å². The molecule has 3 heterocycles. The lowest BCUT2D eigenvalue weighted by Gasteiger charge is -2.37. The van der Waals surface area contributed by atoms with Crippen molar-refractivity contribution in [3.8, 4) is 10.4 Å². The number of primary amides is 1. The first-order valence-corrected chi connectivity index (χ1v) is 10.1. The number of thiophene rings is 1. The Kier molecular flexibility index (Phi) is 4.85. The number of amides is 1. The van der Waals surface area contributed by atoms with Crippen LogP contribution in [0.1, 0.15) is 30.1 Å². The predicted octanol–water partition coefficient (Wildman–Crippen LogP) is 3.64. The Labute approximate surface area is 163 Å². The van der Waals surface area contributed by atoms with Gasteiger partial charge in [-0.3, -0.25) is 4.79 Å². The van der Waals surface area contributed by atoms with Crippen LogP contribution < -0.4 is 16.0 Å². The molecule has 4 rings (SSSR count). The summed E-state index contributed by atoms with van der Waals surface area (Å²) in [6.45, 7) is 3.28. The molecule has 0 aliphatic carbocycles. The minimum Gasteiger partial charge on any atom is -0.366 e. The second-order valence-corrected chi connectivity index (χ2v) is 8.19. The molecule has 0 spiro atoms. The van der Waals surface area contributed by atoms with Crippen molar-refractivity contribution >= 4 is 33.1 Å². The van der Waals surface area contributed by atoms with Crippen LogP contribution in [0.3, 0.4) is 0 Å². The fourth-order valence-corrected chi connectivity index (χ4v) is 5.10. The van der Waals surface area contributed by atoms with Gasteiger partial charge in [0.2, 0.25) is 0 Å². The molecule has 2 atom stereocenters. The fourth-order valence-electron chi connectivity index (χ4n) is 3.93. The van der Waals surface area contributed by atoms with Crippen LogP contribution in [0.5, 0.6) is 0 Å². The van der Waals surface area contributed by atoms with Crippen LogP contribution in [0.2, 0.25) is 0 Å². The number of fused-ring (bicyclic) bond motifs is 1. The number of carbonyl (C=O) groups is 1. The highest BCUT2D eigenvalue weighted by Crippen LogP contribution is 2.39. The van der Waals surface area contributed by atoms with Crippen molar-refractivity contribution in [1.82, 2.24) is 10.3 Å². The molecule has 1 aliphatic rings. The van der Waals surface area contributed by atoms with Crippen LogP contribution in [0.25, 0.3) is 20.5 Å². The van der Waals surface area contributed by atoms with Gasteiger partial charge in [0.1, 0.15) is 5.82 Å². The Hall–Kier alpha value is -2.44. The molecule has 140 valence electrons. The number of anilines is 1. The SMILES string of the molecule is C[C@@H]1NCCC[C@H]1N(C)c1ncc(C(N)=O)c2sc(-c3ccccc3)cc12. The first-order chi connectivity index (χ1) is 13.1. The van der Waals surface area contributed by atoms with Crippen molar-refractivity contribution < 1.29 is 4.79 Å². The van der Waals surface area contributed by atoms with Gasteiger partial charge in [-0.05, 0) is 37.9 Å². The molecular formula is C21H24N4OS. The number of rotatable bonds is 4. The van der Waals surface area contributed by atoms with Gasteiger partial charge in [-0.15, -0.1) is 11.3 Å². The second kappa shape index (κ2) is 7.29. The van der Waals surface area contributed by atoms with Gasteiger partial charge in [0, 0.05) is 35.6 Å². The first-order valence-electron chi connectivity index (χ1n) is 9.30. The largest absolute Gasteiger partial charge is 0.366 e. The topological polar surface area (TPSA) is 71.2 Å². The summed E-state index contributed by atoms with van der Waals surface area (Å²) in [5, 5.41) is 4.55. The van der Waals surface area contributed by atoms with E-state index in [4.69, 9.17) is 5.73 Å². The average Bonchev–Trinajstić information content (AvgIpc) is 3.13. The number of nitrogens with zero attached hydrogens (tertiary/aromatic N) is 2. The van der Waals surface area contributed by atoms with Crippen molar-refractivity contribution in [3.05, 3.63) is 48.2 Å². The van der Waals surface area contributed by atoms with Gasteiger partial charge in [-0.25, -0.2) is 4.98 Å². The van der Waals surface area contributed by atoms with E-state index in [1.807, 2.05) is 18.2 Å². The molecule has 0 radical (unpaired) electrons. The Balaban J connectivity index is 1.85. The lowest BCUT2D eigenvalue weighted by Crippen LogP contribution is -2.51. The molecule has 0 unspecified atom stereocenters. The Bertz CT molecular complexity index is 969. The second-order valence-electron chi connectivity index (χ2n) is 7.14. The third kappa shape index (κ3) is 3.31. The minimum absolute atomic E-state index is 0.369. The highest BCUT2D eigenvalue weighted by atomic mass is 32.1. The molecule has 1 aliphatic heterocycles. The van der Waals surface area contributed by atoms with Crippen LogP contribution in [0.4, 0.5) is 5.82 Å². The van der Waals surface area contributed by atoms with E-state index in [0.717, 1.165) is 45.7 Å². The van der Waals surface area contributed by atoms with Crippen LogP contribution in [-0.4, -0.2) is 36.6 Å². The molecule has 2 aromatic heterocycles. The Morgan fingerprint density at radius 3 is 2.81 bits per heavy atom. The summed E-state index contributed by atoms with van der Waals surface area (Å²) in [7, 11) is 2.10. The molecule has 0 saturated carbocycles. The number of aromatic nitrogens is 1. The van der Waals surface area contributed by atoms with Crippen molar-refractivity contribution in [3.63, 3.8) is 0 Å². The Morgan fingerprint density at radius 2 is 2.11 bits per heavy atom. The summed E-state index contributed by atoms with van der Waals surface area (Å²) in [4.78, 5) is 20.0. The summed E-state index contributed by atoms with van der Waals surface area (Å²) in [6, 6.07) is 13.1. The predicted molar refractivity (Wildman–Crippen MR) is 112 cm³/mol. The van der Waals surface area contributed by atoms with Gasteiger partial charge in [-0.2, -0.15) is 0 Å². The minimum atomic E-state index is -0.434. The molecule has 3 aromatic rings. The van der Waals surface area contributed by atoms with Gasteiger partial charge >= 0.3 is 0 Å². The number of nitrogens with one attached hydrogen (secondary N) is 1. The van der Waals surface area contributed by atoms with E-state index in [2.05, 4.69) is 47.4 Å². The van der Waals surface area contributed by atoms with Crippen molar-refractivity contribution in [2.24, 2.45) is 5.73 Å². The number of likely N-dealkylation sites (N-methyl/N-ethyl adjacent to an activating group) is 1. The first kappa shape index (κ1) is 17.9. The standard InChI is InChI=1S/C21H24N4OS/c1-13-17(9-6-10-23-13)25(2)21-15-11-18(14-7-4-3-5-8-14)27-19(15)16(12-24-21)20(22)26/h3-5,7-8,11-13,17,23H,6,9-10H2,1-2H3,(H2,22,26)/t13-,17+/m0/s1. The maximum absolute atomic E-state index is 12.0. The third-order valence-corrected chi connectivity index (χ3v) is 6.63. The molecule has 5 nitrogen and oxygen atoms in total. The molecule has 1 aromatic carbocycles. The molecule has 0 bridgehead atoms. The van der Waals surface area contributed by atoms with E-state index in [-0.39, 0.29) is 0 Å². The van der Waals surface area contributed by atoms with Crippen LogP contribution in [0, 0.1) is 0 Å². The smallest absolute Gasteiger partial charge is 0.251 e. The highest BCUT2D eigenvalue weighted by Gasteiger charge is 2.27. The van der Waals surface area contributed by atoms with E-state index < -0.39 is 5.91 Å². The van der Waals surface area contributed by atoms with Crippen LogP contribution >= 0.6 is 11.3 Å². The summed E-state index contributed by atoms with van der Waals surface area (Å²) in [5.41, 5.74) is 7.25. The van der Waals surface area contributed by atoms with Crippen molar-refractivity contribution in [2.75, 3.05) is 18.5 Å². The molecular weight excluding hydrogens is 356 g/mol. The number of nitrogens with two attached hydrogens (primary N) is 1. The normalized spacial score (nSPS) is 19.9. The monoisotopic (exact) mass is 380 g/mol. The van der Waals surface area contributed by atoms with Crippen molar-refractivity contribution in [1.29, 1.82) is 0 Å². The number of benzene rings is 1. The van der Waals surface area contributed by atoms with Crippen LogP contribution in [0.15, 0.2) is 42.6 Å². The summed E-state index contributed by atoms with van der Waals surface area (Å²) in [6.07, 6.45) is 3.91. The average molecular weight is 381 g/mol. The molecule has 3 N–H and O–H groups in total. The zero-order valence-electron chi connectivity index (χ0n) is 15.6. The summed E-state index contributed by atoms with van der Waals surface area (Å²) >= 11 is 1.60. The highest BCUT2D eigenvalue weighted by molar-refractivity contribution is 7.22. The van der Waals surface area contributed by atoms with Gasteiger partial charge in [0.05, 0.1) is 10.3 Å². The van der Waals surface area contributed by atoms with Crippen molar-refractivity contribution in [2.45, 2.75) is 31.8 Å². The lowest BCUT2D eigenvalue weighted by atomic mass is 9.98. The molecule has 1 saturated heterocycles. The van der Waals surface area contributed by atoms with Crippen LogP contribution in [-0.2, 0) is 0 Å². The number of piperidine rings is 1. The zero-order valence-corrected chi connectivity index (χ0v) is 16.4. The van der Waals surface area contributed by atoms with E-state index in [1.165, 1.54) is 0 Å². The maximum Gasteiger partial charge on any atom is 0.251 e. The van der Waals surface area contributed by atoms with Gasteiger partial charge in [0.25, 0.3) is 5.91 Å². The van der Waals surface area contributed by atoms with E-state index in [0.29, 0.717) is 17.6 Å².